The van der Waals surface area contributed by atoms with E-state index in [0.717, 1.165) is 25.7 Å². The van der Waals surface area contributed by atoms with Crippen molar-refractivity contribution in [3.8, 4) is 0 Å². The highest BCUT2D eigenvalue weighted by Gasteiger charge is 2.30. The Bertz CT molecular complexity index is 449. The maximum atomic E-state index is 12.8. The van der Waals surface area contributed by atoms with E-state index in [1.807, 2.05) is 0 Å². The summed E-state index contributed by atoms with van der Waals surface area (Å²) >= 11 is 0. The predicted octanol–water partition coefficient (Wildman–Crippen LogP) is 1.63. The van der Waals surface area contributed by atoms with Gasteiger partial charge in [-0.2, -0.15) is 0 Å². The third-order valence-electron chi connectivity index (χ3n) is 3.83. The van der Waals surface area contributed by atoms with E-state index in [2.05, 4.69) is 23.9 Å². The maximum Gasteiger partial charge on any atom is 0.272 e. The van der Waals surface area contributed by atoms with E-state index in [4.69, 9.17) is 0 Å². The van der Waals surface area contributed by atoms with Crippen molar-refractivity contribution in [2.24, 2.45) is 5.92 Å². The number of halogens is 1. The van der Waals surface area contributed by atoms with Crippen LogP contribution in [-0.2, 0) is 0 Å². The fourth-order valence-electron chi connectivity index (χ4n) is 2.75. The molecule has 1 fully saturated rings. The van der Waals surface area contributed by atoms with E-state index in [0.29, 0.717) is 11.6 Å². The summed E-state index contributed by atoms with van der Waals surface area (Å²) in [7, 11) is 3.90. The Morgan fingerprint density at radius 1 is 1.53 bits per heavy atom. The zero-order valence-corrected chi connectivity index (χ0v) is 11.6. The van der Waals surface area contributed by atoms with Gasteiger partial charge in [0.05, 0.1) is 6.20 Å². The second kappa shape index (κ2) is 5.65. The van der Waals surface area contributed by atoms with Crippen LogP contribution in [0.3, 0.4) is 0 Å². The van der Waals surface area contributed by atoms with Crippen LogP contribution in [0.25, 0.3) is 0 Å². The molecule has 0 bridgehead atoms. The number of hydrogen-bond donors (Lipinski definition) is 0. The van der Waals surface area contributed by atoms with Gasteiger partial charge < -0.3 is 9.80 Å². The van der Waals surface area contributed by atoms with Crippen LogP contribution in [-0.4, -0.2) is 53.9 Å². The molecule has 0 N–H and O–H groups in total. The number of carbonyl (C=O) groups is 1. The number of hydrogen-bond acceptors (Lipinski definition) is 3. The summed E-state index contributed by atoms with van der Waals surface area (Å²) in [4.78, 5) is 20.2. The minimum atomic E-state index is -0.424. The molecule has 0 aliphatic carbocycles. The molecule has 0 spiro atoms. The third-order valence-corrected chi connectivity index (χ3v) is 3.83. The lowest BCUT2D eigenvalue weighted by molar-refractivity contribution is 0.0543. The van der Waals surface area contributed by atoms with Crippen molar-refractivity contribution in [3.63, 3.8) is 0 Å². The van der Waals surface area contributed by atoms with Crippen molar-refractivity contribution in [2.45, 2.75) is 19.4 Å². The van der Waals surface area contributed by atoms with Crippen LogP contribution in [0, 0.1) is 11.7 Å². The minimum absolute atomic E-state index is 0.138. The first-order valence-electron chi connectivity index (χ1n) is 6.56. The van der Waals surface area contributed by atoms with E-state index in [1.165, 1.54) is 12.1 Å². The quantitative estimate of drug-likeness (QED) is 0.815. The zero-order valence-electron chi connectivity index (χ0n) is 11.6. The highest BCUT2D eigenvalue weighted by atomic mass is 19.1. The van der Waals surface area contributed by atoms with Gasteiger partial charge in [0.2, 0.25) is 0 Å². The van der Waals surface area contributed by atoms with E-state index >= 15 is 0 Å². The first-order valence-corrected chi connectivity index (χ1v) is 6.56. The van der Waals surface area contributed by atoms with Crippen molar-refractivity contribution in [1.82, 2.24) is 14.8 Å². The van der Waals surface area contributed by atoms with Crippen molar-refractivity contribution >= 4 is 5.91 Å². The zero-order chi connectivity index (χ0) is 14.0. The molecular formula is C14H20FN3O. The number of aromatic nitrogens is 1. The summed E-state index contributed by atoms with van der Waals surface area (Å²) in [5.74, 6) is -0.138. The highest BCUT2D eigenvalue weighted by molar-refractivity contribution is 5.92. The van der Waals surface area contributed by atoms with Gasteiger partial charge in [0.1, 0.15) is 11.5 Å². The molecule has 2 unspecified atom stereocenters. The Balaban J connectivity index is 2.08. The number of pyridine rings is 1. The Kier molecular flexibility index (Phi) is 4.14. The maximum absolute atomic E-state index is 12.8. The smallest absolute Gasteiger partial charge is 0.272 e. The summed E-state index contributed by atoms with van der Waals surface area (Å²) < 4.78 is 12.8. The molecule has 0 saturated carbocycles. The topological polar surface area (TPSA) is 36.4 Å². The molecule has 5 heteroatoms. The fourth-order valence-corrected chi connectivity index (χ4v) is 2.75. The summed E-state index contributed by atoms with van der Waals surface area (Å²) in [6.45, 7) is 4.13. The number of rotatable bonds is 2. The molecule has 2 heterocycles. The highest BCUT2D eigenvalue weighted by Crippen LogP contribution is 2.21. The van der Waals surface area contributed by atoms with Gasteiger partial charge in [-0.15, -0.1) is 0 Å². The molecular weight excluding hydrogens is 245 g/mol. The Morgan fingerprint density at radius 2 is 2.26 bits per heavy atom. The standard InChI is InChI=1S/C14H20FN3O/c1-10-9-17(2)7-6-13(10)18(3)14(19)12-5-4-11(15)8-16-12/h4-5,8,10,13H,6-7,9H2,1-3H3. The van der Waals surface area contributed by atoms with Gasteiger partial charge in [-0.1, -0.05) is 6.92 Å². The molecule has 19 heavy (non-hydrogen) atoms. The summed E-state index contributed by atoms with van der Waals surface area (Å²) in [5, 5.41) is 0. The van der Waals surface area contributed by atoms with E-state index < -0.39 is 5.82 Å². The average molecular weight is 265 g/mol. The van der Waals surface area contributed by atoms with Crippen LogP contribution < -0.4 is 0 Å². The molecule has 2 atom stereocenters. The molecule has 1 aromatic heterocycles. The Hall–Kier alpha value is -1.49. The molecule has 104 valence electrons. The fraction of sp³-hybridized carbons (Fsp3) is 0.571. The van der Waals surface area contributed by atoms with Crippen LogP contribution in [0.2, 0.25) is 0 Å². The number of amides is 1. The second-order valence-corrected chi connectivity index (χ2v) is 5.37. The van der Waals surface area contributed by atoms with Gasteiger partial charge in [-0.25, -0.2) is 9.37 Å². The second-order valence-electron chi connectivity index (χ2n) is 5.37. The van der Waals surface area contributed by atoms with Crippen molar-refractivity contribution in [2.75, 3.05) is 27.2 Å². The number of likely N-dealkylation sites (tertiary alicyclic amines) is 1. The lowest BCUT2D eigenvalue weighted by Gasteiger charge is -2.39. The molecule has 1 saturated heterocycles. The van der Waals surface area contributed by atoms with Crippen LogP contribution in [0.15, 0.2) is 18.3 Å². The van der Waals surface area contributed by atoms with Crippen molar-refractivity contribution in [3.05, 3.63) is 29.8 Å². The normalized spacial score (nSPS) is 24.2. The predicted molar refractivity (Wildman–Crippen MR) is 71.4 cm³/mol. The number of carbonyl (C=O) groups excluding carboxylic acids is 1. The van der Waals surface area contributed by atoms with Gasteiger partial charge in [-0.3, -0.25) is 4.79 Å². The number of piperidine rings is 1. The minimum Gasteiger partial charge on any atom is -0.337 e. The molecule has 1 aromatic rings. The first kappa shape index (κ1) is 13.9. The average Bonchev–Trinajstić information content (AvgIpc) is 2.38. The molecule has 0 radical (unpaired) electrons. The first-order chi connectivity index (χ1) is 8.99. The van der Waals surface area contributed by atoms with Crippen molar-refractivity contribution in [1.29, 1.82) is 0 Å². The van der Waals surface area contributed by atoms with Crippen LogP contribution in [0.5, 0.6) is 0 Å². The number of nitrogens with zero attached hydrogens (tertiary/aromatic N) is 3. The molecule has 1 aliphatic rings. The molecule has 0 aromatic carbocycles. The SMILES string of the molecule is CC1CN(C)CCC1N(C)C(=O)c1ccc(F)cn1. The monoisotopic (exact) mass is 265 g/mol. The van der Waals surface area contributed by atoms with Crippen LogP contribution >= 0.6 is 0 Å². The summed E-state index contributed by atoms with van der Waals surface area (Å²) in [5.41, 5.74) is 0.301. The van der Waals surface area contributed by atoms with Crippen LogP contribution in [0.4, 0.5) is 4.39 Å². The van der Waals surface area contributed by atoms with E-state index in [-0.39, 0.29) is 11.9 Å². The summed E-state index contributed by atoms with van der Waals surface area (Å²) in [6.07, 6.45) is 2.04. The molecule has 1 amide bonds. The van der Waals surface area contributed by atoms with Gasteiger partial charge >= 0.3 is 0 Å². The van der Waals surface area contributed by atoms with Gasteiger partial charge in [0, 0.05) is 19.6 Å². The lowest BCUT2D eigenvalue weighted by Crippen LogP contribution is -2.49. The van der Waals surface area contributed by atoms with Crippen molar-refractivity contribution < 1.29 is 9.18 Å². The Morgan fingerprint density at radius 3 is 2.84 bits per heavy atom. The van der Waals surface area contributed by atoms with E-state index in [1.54, 1.807) is 11.9 Å². The Labute approximate surface area is 113 Å². The van der Waals surface area contributed by atoms with Crippen LogP contribution in [0.1, 0.15) is 23.8 Å². The molecule has 4 nitrogen and oxygen atoms in total. The lowest BCUT2D eigenvalue weighted by atomic mass is 9.93. The van der Waals surface area contributed by atoms with Gasteiger partial charge in [0.25, 0.3) is 5.91 Å². The molecule has 1 aliphatic heterocycles. The van der Waals surface area contributed by atoms with Gasteiger partial charge in [0.15, 0.2) is 0 Å². The molecule has 2 rings (SSSR count). The van der Waals surface area contributed by atoms with E-state index in [9.17, 15) is 9.18 Å². The third kappa shape index (κ3) is 3.10. The van der Waals surface area contributed by atoms with Gasteiger partial charge in [-0.05, 0) is 38.1 Å². The largest absolute Gasteiger partial charge is 0.337 e. The summed E-state index contributed by atoms with van der Waals surface area (Å²) in [6, 6.07) is 2.93.